The zero-order valence-corrected chi connectivity index (χ0v) is 12.3. The molecule has 2 aromatic carbocycles. The van der Waals surface area contributed by atoms with Gasteiger partial charge in [0.15, 0.2) is 0 Å². The predicted octanol–water partition coefficient (Wildman–Crippen LogP) is 3.51. The van der Waals surface area contributed by atoms with E-state index >= 15 is 0 Å². The van der Waals surface area contributed by atoms with E-state index in [1.165, 1.54) is 23.8 Å². The quantitative estimate of drug-likeness (QED) is 0.680. The Kier molecular flexibility index (Phi) is 4.48. The zero-order valence-electron chi connectivity index (χ0n) is 12.3. The van der Waals surface area contributed by atoms with Crippen molar-refractivity contribution in [1.82, 2.24) is 5.43 Å². The van der Waals surface area contributed by atoms with Crippen molar-refractivity contribution in [2.45, 2.75) is 20.8 Å². The highest BCUT2D eigenvalue weighted by Gasteiger charge is 2.09. The van der Waals surface area contributed by atoms with Gasteiger partial charge < -0.3 is 0 Å². The van der Waals surface area contributed by atoms with Crippen molar-refractivity contribution in [3.8, 4) is 0 Å². The Morgan fingerprint density at radius 2 is 1.76 bits per heavy atom. The van der Waals surface area contributed by atoms with E-state index in [1.807, 2.05) is 26.8 Å². The van der Waals surface area contributed by atoms with Crippen LogP contribution in [-0.2, 0) is 0 Å². The summed E-state index contributed by atoms with van der Waals surface area (Å²) in [6.45, 7) is 6.04. The summed E-state index contributed by atoms with van der Waals surface area (Å²) < 4.78 is 13.4. The summed E-state index contributed by atoms with van der Waals surface area (Å²) in [6, 6.07) is 9.87. The molecular weight excluding hydrogens is 267 g/mol. The van der Waals surface area contributed by atoms with Crippen molar-refractivity contribution in [2.24, 2.45) is 5.10 Å². The molecule has 1 amide bonds. The molecule has 0 saturated heterocycles. The summed E-state index contributed by atoms with van der Waals surface area (Å²) in [6.07, 6.45) is 1.57. The summed E-state index contributed by atoms with van der Waals surface area (Å²) in [7, 11) is 0. The first-order valence-electron chi connectivity index (χ1n) is 6.65. The second kappa shape index (κ2) is 6.31. The average molecular weight is 284 g/mol. The zero-order chi connectivity index (χ0) is 15.4. The minimum Gasteiger partial charge on any atom is -0.267 e. The van der Waals surface area contributed by atoms with E-state index in [4.69, 9.17) is 0 Å². The van der Waals surface area contributed by atoms with Gasteiger partial charge in [-0.05, 0) is 61.2 Å². The molecule has 0 fully saturated rings. The van der Waals surface area contributed by atoms with Gasteiger partial charge in [-0.25, -0.2) is 9.82 Å². The van der Waals surface area contributed by atoms with Crippen molar-refractivity contribution in [2.75, 3.05) is 0 Å². The van der Waals surface area contributed by atoms with E-state index in [2.05, 4.69) is 16.6 Å². The van der Waals surface area contributed by atoms with Crippen LogP contribution in [0.25, 0.3) is 0 Å². The maximum atomic E-state index is 13.4. The highest BCUT2D eigenvalue weighted by atomic mass is 19.1. The van der Waals surface area contributed by atoms with Gasteiger partial charge in [0.25, 0.3) is 5.91 Å². The van der Waals surface area contributed by atoms with Crippen LogP contribution in [-0.4, -0.2) is 12.1 Å². The Bertz CT molecular complexity index is 708. The number of hydrazone groups is 1. The third-order valence-corrected chi connectivity index (χ3v) is 3.37. The van der Waals surface area contributed by atoms with Crippen LogP contribution in [0.2, 0.25) is 0 Å². The van der Waals surface area contributed by atoms with Crippen LogP contribution < -0.4 is 5.43 Å². The molecule has 0 heterocycles. The molecule has 2 aromatic rings. The molecule has 0 aliphatic carbocycles. The fraction of sp³-hybridized carbons (Fsp3) is 0.176. The molecule has 0 unspecified atom stereocenters. The molecule has 4 heteroatoms. The van der Waals surface area contributed by atoms with Gasteiger partial charge in [-0.15, -0.1) is 0 Å². The Hall–Kier alpha value is -2.49. The van der Waals surface area contributed by atoms with Crippen molar-refractivity contribution >= 4 is 12.1 Å². The number of rotatable bonds is 3. The normalized spacial score (nSPS) is 10.9. The number of halogens is 1. The minimum atomic E-state index is -0.564. The van der Waals surface area contributed by atoms with Gasteiger partial charge in [0.05, 0.1) is 11.8 Å². The fourth-order valence-electron chi connectivity index (χ4n) is 1.99. The van der Waals surface area contributed by atoms with Crippen LogP contribution in [0.1, 0.15) is 32.6 Å². The lowest BCUT2D eigenvalue weighted by Gasteiger charge is -2.06. The summed E-state index contributed by atoms with van der Waals surface area (Å²) in [5, 5.41) is 3.90. The van der Waals surface area contributed by atoms with Gasteiger partial charge in [0, 0.05) is 0 Å². The number of benzene rings is 2. The molecule has 0 aliphatic rings. The van der Waals surface area contributed by atoms with Crippen molar-refractivity contribution < 1.29 is 9.18 Å². The second-order valence-corrected chi connectivity index (χ2v) is 4.97. The number of hydrogen-bond acceptors (Lipinski definition) is 2. The number of hydrogen-bond donors (Lipinski definition) is 1. The summed E-state index contributed by atoms with van der Waals surface area (Å²) >= 11 is 0. The SMILES string of the molecule is Cc1cc(C)c(/C=N\NC(=O)c2ccccc2F)cc1C. The molecule has 0 radical (unpaired) electrons. The van der Waals surface area contributed by atoms with Crippen LogP contribution in [0.3, 0.4) is 0 Å². The molecule has 2 rings (SSSR count). The topological polar surface area (TPSA) is 41.5 Å². The Labute approximate surface area is 123 Å². The van der Waals surface area contributed by atoms with Crippen LogP contribution in [0, 0.1) is 26.6 Å². The molecule has 0 bridgehead atoms. The highest BCUT2D eigenvalue weighted by molar-refractivity contribution is 5.95. The Morgan fingerprint density at radius 3 is 2.48 bits per heavy atom. The van der Waals surface area contributed by atoms with Crippen molar-refractivity contribution in [1.29, 1.82) is 0 Å². The Morgan fingerprint density at radius 1 is 1.10 bits per heavy atom. The number of carbonyl (C=O) groups excluding carboxylic acids is 1. The van der Waals surface area contributed by atoms with Crippen molar-refractivity contribution in [3.05, 3.63) is 70.0 Å². The average Bonchev–Trinajstić information content (AvgIpc) is 2.44. The van der Waals surface area contributed by atoms with E-state index in [1.54, 1.807) is 12.3 Å². The van der Waals surface area contributed by atoms with Crippen LogP contribution in [0.15, 0.2) is 41.5 Å². The van der Waals surface area contributed by atoms with Gasteiger partial charge in [-0.1, -0.05) is 18.2 Å². The number of amides is 1. The van der Waals surface area contributed by atoms with Crippen LogP contribution in [0.4, 0.5) is 4.39 Å². The monoisotopic (exact) mass is 284 g/mol. The van der Waals surface area contributed by atoms with Gasteiger partial charge in [0.1, 0.15) is 5.82 Å². The summed E-state index contributed by atoms with van der Waals surface area (Å²) in [4.78, 5) is 11.8. The van der Waals surface area contributed by atoms with Crippen molar-refractivity contribution in [3.63, 3.8) is 0 Å². The first-order chi connectivity index (χ1) is 9.99. The molecule has 0 saturated carbocycles. The lowest BCUT2D eigenvalue weighted by molar-refractivity contribution is 0.0951. The summed E-state index contributed by atoms with van der Waals surface area (Å²) in [5.41, 5.74) is 6.68. The lowest BCUT2D eigenvalue weighted by atomic mass is 10.0. The van der Waals surface area contributed by atoms with Crippen LogP contribution >= 0.6 is 0 Å². The molecule has 0 aliphatic heterocycles. The Balaban J connectivity index is 2.11. The molecule has 3 nitrogen and oxygen atoms in total. The second-order valence-electron chi connectivity index (χ2n) is 4.97. The van der Waals surface area contributed by atoms with E-state index in [9.17, 15) is 9.18 Å². The first-order valence-corrected chi connectivity index (χ1v) is 6.65. The maximum Gasteiger partial charge on any atom is 0.274 e. The largest absolute Gasteiger partial charge is 0.274 e. The minimum absolute atomic E-state index is 0.0218. The predicted molar refractivity (Wildman–Crippen MR) is 82.1 cm³/mol. The van der Waals surface area contributed by atoms with Gasteiger partial charge in [0.2, 0.25) is 0 Å². The molecule has 1 N–H and O–H groups in total. The van der Waals surface area contributed by atoms with E-state index in [0.29, 0.717) is 0 Å². The number of nitrogens with zero attached hydrogens (tertiary/aromatic N) is 1. The maximum absolute atomic E-state index is 13.4. The number of carbonyl (C=O) groups is 1. The molecule has 0 aromatic heterocycles. The molecule has 108 valence electrons. The third kappa shape index (κ3) is 3.54. The van der Waals surface area contributed by atoms with E-state index < -0.39 is 11.7 Å². The molecular formula is C17H17FN2O. The van der Waals surface area contributed by atoms with E-state index in [-0.39, 0.29) is 5.56 Å². The third-order valence-electron chi connectivity index (χ3n) is 3.37. The summed E-state index contributed by atoms with van der Waals surface area (Å²) in [5.74, 6) is -1.13. The molecule has 0 atom stereocenters. The number of aryl methyl sites for hydroxylation is 3. The smallest absolute Gasteiger partial charge is 0.267 e. The fourth-order valence-corrected chi connectivity index (χ4v) is 1.99. The van der Waals surface area contributed by atoms with Crippen LogP contribution in [0.5, 0.6) is 0 Å². The van der Waals surface area contributed by atoms with E-state index in [0.717, 1.165) is 16.7 Å². The molecule has 21 heavy (non-hydrogen) atoms. The lowest BCUT2D eigenvalue weighted by Crippen LogP contribution is -2.19. The van der Waals surface area contributed by atoms with Gasteiger partial charge in [-0.3, -0.25) is 4.79 Å². The standard InChI is InChI=1S/C17H17FN2O/c1-11-8-13(3)14(9-12(11)2)10-19-20-17(21)15-6-4-5-7-16(15)18/h4-10H,1-3H3,(H,20,21)/b19-10-. The molecule has 0 spiro atoms. The van der Waals surface area contributed by atoms with Gasteiger partial charge in [-0.2, -0.15) is 5.10 Å². The highest BCUT2D eigenvalue weighted by Crippen LogP contribution is 2.13. The first kappa shape index (κ1) is 14.9. The van der Waals surface area contributed by atoms with Gasteiger partial charge >= 0.3 is 0 Å². The number of nitrogens with one attached hydrogen (secondary N) is 1.